The first kappa shape index (κ1) is 36.3. The Bertz CT molecular complexity index is 1780. The number of ether oxygens (including phenoxy) is 1. The molecule has 3 aromatic carbocycles. The average Bonchev–Trinajstić information content (AvgIpc) is 3.05. The minimum Gasteiger partial charge on any atom is -0.448 e. The molecule has 0 fully saturated rings. The van der Waals surface area contributed by atoms with E-state index in [0.717, 1.165) is 11.1 Å². The lowest BCUT2D eigenvalue weighted by Crippen LogP contribution is -2.47. The molecular formula is C33H34N4O8S3. The predicted octanol–water partition coefficient (Wildman–Crippen LogP) is 3.83. The van der Waals surface area contributed by atoms with Crippen LogP contribution in [0.5, 0.6) is 0 Å². The van der Waals surface area contributed by atoms with Crippen molar-refractivity contribution in [3.63, 3.8) is 0 Å². The molecule has 0 aromatic heterocycles. The fourth-order valence-electron chi connectivity index (χ4n) is 4.47. The number of carbonyl (C=O) groups is 4. The maximum absolute atomic E-state index is 13.4. The second-order valence-electron chi connectivity index (χ2n) is 10.3. The molecule has 4 rings (SSSR count). The third-order valence-electron chi connectivity index (χ3n) is 6.86. The van der Waals surface area contributed by atoms with Crippen molar-refractivity contribution in [3.05, 3.63) is 95.6 Å². The summed E-state index contributed by atoms with van der Waals surface area (Å²) in [6.45, 7) is -0.429. The van der Waals surface area contributed by atoms with Crippen molar-refractivity contribution in [2.45, 2.75) is 24.6 Å². The summed E-state index contributed by atoms with van der Waals surface area (Å²) in [4.78, 5) is 51.7. The first-order valence-corrected chi connectivity index (χ1v) is 18.8. The highest BCUT2D eigenvalue weighted by Crippen LogP contribution is 2.26. The molecule has 12 nitrogen and oxygen atoms in total. The van der Waals surface area contributed by atoms with Gasteiger partial charge in [0.1, 0.15) is 6.61 Å². The number of nitrogens with one attached hydrogen (secondary N) is 3. The molecule has 1 aliphatic rings. The van der Waals surface area contributed by atoms with Crippen molar-refractivity contribution in [1.82, 2.24) is 10.6 Å². The summed E-state index contributed by atoms with van der Waals surface area (Å²) >= 11 is 0. The SMILES string of the molecule is O=C(CCSSCCOC(=O)Nc1ccccc1)NCC(C(=O)NCCC(=O)N1Cc2ccccc2C#Cc2ccccc21)S(=O)(=O)O. The van der Waals surface area contributed by atoms with Crippen LogP contribution in [-0.2, 0) is 35.8 Å². The third kappa shape index (κ3) is 11.3. The quantitative estimate of drug-likeness (QED) is 0.0787. The lowest BCUT2D eigenvalue weighted by atomic mass is 10.0. The fourth-order valence-corrected chi connectivity index (χ4v) is 6.94. The smallest absolute Gasteiger partial charge is 0.411 e. The van der Waals surface area contributed by atoms with Crippen LogP contribution in [-0.4, -0.2) is 73.2 Å². The summed E-state index contributed by atoms with van der Waals surface area (Å²) in [5.41, 5.74) is 3.55. The van der Waals surface area contributed by atoms with E-state index in [9.17, 15) is 32.1 Å². The van der Waals surface area contributed by atoms with E-state index in [4.69, 9.17) is 4.74 Å². The molecule has 1 heterocycles. The molecule has 0 saturated carbocycles. The van der Waals surface area contributed by atoms with Crippen molar-refractivity contribution in [2.24, 2.45) is 0 Å². The first-order chi connectivity index (χ1) is 23.1. The van der Waals surface area contributed by atoms with E-state index in [1.165, 1.54) is 21.6 Å². The van der Waals surface area contributed by atoms with Crippen LogP contribution in [0.1, 0.15) is 29.5 Å². The molecule has 0 aliphatic carbocycles. The molecule has 4 amide bonds. The van der Waals surface area contributed by atoms with Gasteiger partial charge in [0.05, 0.1) is 12.2 Å². The number of benzene rings is 3. The Hall–Kier alpha value is -4.49. The number of hydrogen-bond donors (Lipinski definition) is 4. The van der Waals surface area contributed by atoms with Gasteiger partial charge in [0.15, 0.2) is 5.25 Å². The van der Waals surface area contributed by atoms with Crippen LogP contribution in [0.15, 0.2) is 78.9 Å². The summed E-state index contributed by atoms with van der Waals surface area (Å²) in [6.07, 6.45) is -0.709. The predicted molar refractivity (Wildman–Crippen MR) is 187 cm³/mol. The van der Waals surface area contributed by atoms with Crippen LogP contribution in [0.4, 0.5) is 16.2 Å². The Morgan fingerprint density at radius 1 is 0.854 bits per heavy atom. The van der Waals surface area contributed by atoms with Crippen LogP contribution in [0.3, 0.4) is 0 Å². The Morgan fingerprint density at radius 3 is 2.29 bits per heavy atom. The first-order valence-electron chi connectivity index (χ1n) is 14.8. The summed E-state index contributed by atoms with van der Waals surface area (Å²) in [6, 6.07) is 23.6. The largest absolute Gasteiger partial charge is 0.448 e. The molecule has 0 spiro atoms. The number of carbonyl (C=O) groups excluding carboxylic acids is 4. The van der Waals surface area contributed by atoms with Crippen LogP contribution < -0.4 is 20.9 Å². The lowest BCUT2D eigenvalue weighted by Gasteiger charge is -2.26. The molecule has 0 radical (unpaired) electrons. The van der Waals surface area contributed by atoms with Gasteiger partial charge in [-0.1, -0.05) is 82.0 Å². The Morgan fingerprint density at radius 2 is 1.52 bits per heavy atom. The van der Waals surface area contributed by atoms with Gasteiger partial charge in [0.2, 0.25) is 17.7 Å². The minimum atomic E-state index is -4.87. The van der Waals surface area contributed by atoms with Crippen LogP contribution >= 0.6 is 21.6 Å². The van der Waals surface area contributed by atoms with Crippen molar-refractivity contribution in [2.75, 3.05) is 41.4 Å². The van der Waals surface area contributed by atoms with Crippen molar-refractivity contribution < 1.29 is 36.9 Å². The molecule has 1 unspecified atom stereocenters. The zero-order valence-electron chi connectivity index (χ0n) is 25.7. The maximum Gasteiger partial charge on any atom is 0.411 e. The van der Waals surface area contributed by atoms with E-state index >= 15 is 0 Å². The van der Waals surface area contributed by atoms with E-state index in [1.54, 1.807) is 41.3 Å². The van der Waals surface area contributed by atoms with E-state index in [1.807, 2.05) is 42.5 Å². The van der Waals surface area contributed by atoms with Gasteiger partial charge >= 0.3 is 6.09 Å². The topological polar surface area (TPSA) is 171 Å². The zero-order valence-corrected chi connectivity index (χ0v) is 28.2. The van der Waals surface area contributed by atoms with Crippen LogP contribution in [0.2, 0.25) is 0 Å². The fraction of sp³-hybridized carbons (Fsp3) is 0.273. The Kier molecular flexibility index (Phi) is 13.8. The highest BCUT2D eigenvalue weighted by Gasteiger charge is 2.31. The highest BCUT2D eigenvalue weighted by atomic mass is 33.1. The van der Waals surface area contributed by atoms with E-state index in [0.29, 0.717) is 28.4 Å². The van der Waals surface area contributed by atoms with E-state index in [-0.39, 0.29) is 38.4 Å². The Labute approximate surface area is 286 Å². The van der Waals surface area contributed by atoms with Gasteiger partial charge in [-0.05, 0) is 35.9 Å². The highest BCUT2D eigenvalue weighted by molar-refractivity contribution is 8.76. The van der Waals surface area contributed by atoms with E-state index < -0.39 is 39.8 Å². The molecular weight excluding hydrogens is 677 g/mol. The maximum atomic E-state index is 13.4. The second-order valence-corrected chi connectivity index (χ2v) is 14.6. The van der Waals surface area contributed by atoms with Crippen molar-refractivity contribution in [3.8, 4) is 11.8 Å². The zero-order chi connectivity index (χ0) is 34.4. The van der Waals surface area contributed by atoms with Crippen LogP contribution in [0, 0.1) is 11.8 Å². The Balaban J connectivity index is 1.17. The number of rotatable bonds is 15. The second kappa shape index (κ2) is 18.2. The summed E-state index contributed by atoms with van der Waals surface area (Å²) in [5.74, 6) is 5.21. The normalized spacial score (nSPS) is 12.5. The number of anilines is 2. The number of para-hydroxylation sites is 2. The molecule has 252 valence electrons. The number of hydrogen-bond acceptors (Lipinski definition) is 9. The number of fused-ring (bicyclic) bond motifs is 2. The molecule has 4 N–H and O–H groups in total. The number of amides is 4. The van der Waals surface area contributed by atoms with Crippen LogP contribution in [0.25, 0.3) is 0 Å². The summed E-state index contributed by atoms with van der Waals surface area (Å²) in [7, 11) is -2.12. The molecule has 1 atom stereocenters. The average molecular weight is 711 g/mol. The lowest BCUT2D eigenvalue weighted by molar-refractivity contribution is -0.121. The standard InChI is InChI=1S/C33H34N4O8S3/c38-30(17-20-46-47-21-19-45-33(41)36-27-11-2-1-3-12-27)35-22-29(48(42,43)44)32(40)34-18-16-31(39)37-23-26-10-5-4-8-24(26)14-15-25-9-6-7-13-28(25)37/h1-13,29H,16-23H2,(H,34,40)(H,35,38)(H,36,41)(H,42,43,44). The summed E-state index contributed by atoms with van der Waals surface area (Å²) in [5, 5.41) is 5.41. The van der Waals surface area contributed by atoms with Gasteiger partial charge in [-0.25, -0.2) is 4.79 Å². The monoisotopic (exact) mass is 710 g/mol. The molecule has 15 heteroatoms. The third-order valence-corrected chi connectivity index (χ3v) is 10.3. The minimum absolute atomic E-state index is 0.0200. The molecule has 0 saturated heterocycles. The van der Waals surface area contributed by atoms with Crippen molar-refractivity contribution in [1.29, 1.82) is 0 Å². The molecule has 3 aromatic rings. The van der Waals surface area contributed by atoms with E-state index in [2.05, 4.69) is 27.8 Å². The number of nitrogens with zero attached hydrogens (tertiary/aromatic N) is 1. The van der Waals surface area contributed by atoms with Gasteiger partial charge in [-0.15, -0.1) is 0 Å². The molecule has 0 bridgehead atoms. The summed E-state index contributed by atoms with van der Waals surface area (Å²) < 4.78 is 38.7. The molecule has 48 heavy (non-hydrogen) atoms. The van der Waals surface area contributed by atoms with Gasteiger partial charge in [0.25, 0.3) is 10.1 Å². The van der Waals surface area contributed by atoms with Gasteiger partial charge in [0, 0.05) is 54.3 Å². The van der Waals surface area contributed by atoms with Gasteiger partial charge < -0.3 is 20.3 Å². The molecule has 1 aliphatic heterocycles. The van der Waals surface area contributed by atoms with Crippen molar-refractivity contribution >= 4 is 66.9 Å². The van der Waals surface area contributed by atoms with Gasteiger partial charge in [-0.3, -0.25) is 24.3 Å². The van der Waals surface area contributed by atoms with Gasteiger partial charge in [-0.2, -0.15) is 8.42 Å².